The Labute approximate surface area is 184 Å². The lowest BCUT2D eigenvalue weighted by Crippen LogP contribution is -2.35. The van der Waals surface area contributed by atoms with Gasteiger partial charge in [-0.3, -0.25) is 9.78 Å². The number of rotatable bonds is 11. The van der Waals surface area contributed by atoms with Crippen LogP contribution in [0.1, 0.15) is 43.7 Å². The van der Waals surface area contributed by atoms with Crippen LogP contribution in [-0.2, 0) is 16.1 Å². The summed E-state index contributed by atoms with van der Waals surface area (Å²) in [4.78, 5) is 19.0. The second-order valence-electron chi connectivity index (χ2n) is 7.66. The largest absolute Gasteiger partial charge is 0.493 e. The Morgan fingerprint density at radius 2 is 2.23 bits per heavy atom. The third-order valence-electron chi connectivity index (χ3n) is 5.22. The van der Waals surface area contributed by atoms with Crippen LogP contribution in [0.2, 0.25) is 0 Å². The minimum absolute atomic E-state index is 0.0541. The minimum atomic E-state index is -0.0541. The molecule has 6 nitrogen and oxygen atoms in total. The number of carbonyl (C=O) groups excluding carboxylic acids is 1. The number of carbonyl (C=O) groups is 1. The summed E-state index contributed by atoms with van der Waals surface area (Å²) in [7, 11) is 1.62. The Morgan fingerprint density at radius 3 is 2.94 bits per heavy atom. The van der Waals surface area contributed by atoms with Crippen molar-refractivity contribution in [2.75, 3.05) is 26.9 Å². The molecular weight excluding hydrogens is 392 g/mol. The van der Waals surface area contributed by atoms with E-state index in [0.717, 1.165) is 49.2 Å². The summed E-state index contributed by atoms with van der Waals surface area (Å²) in [5, 5.41) is 0. The van der Waals surface area contributed by atoms with Crippen LogP contribution >= 0.6 is 0 Å². The molecule has 1 aromatic carbocycles. The molecule has 31 heavy (non-hydrogen) atoms. The number of nitrogens with zero attached hydrogens (tertiary/aromatic N) is 2. The molecule has 1 amide bonds. The molecule has 1 fully saturated rings. The predicted octanol–water partition coefficient (Wildman–Crippen LogP) is 4.49. The van der Waals surface area contributed by atoms with E-state index in [1.165, 1.54) is 0 Å². The Kier molecular flexibility index (Phi) is 8.91. The van der Waals surface area contributed by atoms with Crippen molar-refractivity contribution in [2.45, 2.75) is 45.3 Å². The van der Waals surface area contributed by atoms with E-state index in [0.29, 0.717) is 25.4 Å². The molecular formula is C25H32N2O4. The number of hydrogen-bond acceptors (Lipinski definition) is 5. The molecule has 1 saturated heterocycles. The number of hydrogen-bond donors (Lipinski definition) is 0. The summed E-state index contributed by atoms with van der Waals surface area (Å²) >= 11 is 0. The average Bonchev–Trinajstić information content (AvgIpc) is 3.31. The Morgan fingerprint density at radius 1 is 1.32 bits per heavy atom. The van der Waals surface area contributed by atoms with Gasteiger partial charge in [-0.1, -0.05) is 25.5 Å². The molecule has 0 spiro atoms. The Balaban J connectivity index is 1.69. The molecule has 0 bridgehead atoms. The van der Waals surface area contributed by atoms with E-state index < -0.39 is 0 Å². The minimum Gasteiger partial charge on any atom is -0.493 e. The molecule has 0 radical (unpaired) electrons. The van der Waals surface area contributed by atoms with Gasteiger partial charge in [0.25, 0.3) is 0 Å². The molecule has 6 heteroatoms. The lowest BCUT2D eigenvalue weighted by atomic mass is 10.1. The van der Waals surface area contributed by atoms with Crippen molar-refractivity contribution in [3.05, 3.63) is 59.9 Å². The Hall–Kier alpha value is -2.86. The van der Waals surface area contributed by atoms with Gasteiger partial charge < -0.3 is 19.1 Å². The highest BCUT2D eigenvalue weighted by Gasteiger charge is 2.21. The van der Waals surface area contributed by atoms with Gasteiger partial charge in [-0.25, -0.2) is 0 Å². The first kappa shape index (κ1) is 22.8. The van der Waals surface area contributed by atoms with Crippen molar-refractivity contribution in [3.63, 3.8) is 0 Å². The number of benzene rings is 1. The summed E-state index contributed by atoms with van der Waals surface area (Å²) in [6, 6.07) is 9.57. The second-order valence-corrected chi connectivity index (χ2v) is 7.66. The van der Waals surface area contributed by atoms with Crippen LogP contribution in [0.25, 0.3) is 6.08 Å². The highest BCUT2D eigenvalue weighted by Crippen LogP contribution is 2.29. The van der Waals surface area contributed by atoms with E-state index in [2.05, 4.69) is 11.9 Å². The third kappa shape index (κ3) is 7.10. The fourth-order valence-corrected chi connectivity index (χ4v) is 3.49. The standard InChI is InChI=1S/C25H32N2O4/c1-3-4-14-31-23-11-9-20(16-24(23)29-2)10-12-25(28)27(19-22-8-6-15-30-22)18-21-7-5-13-26-17-21/h5,7,9-13,16-17,22H,3-4,6,8,14-15,18-19H2,1-2H3/b12-10+. The zero-order valence-electron chi connectivity index (χ0n) is 18.5. The van der Waals surface area contributed by atoms with Gasteiger partial charge in [-0.15, -0.1) is 0 Å². The molecule has 1 atom stereocenters. The van der Waals surface area contributed by atoms with Gasteiger partial charge in [0, 0.05) is 38.2 Å². The number of methoxy groups -OCH3 is 1. The first-order valence-corrected chi connectivity index (χ1v) is 11.0. The molecule has 2 heterocycles. The number of amides is 1. The maximum atomic E-state index is 13.0. The van der Waals surface area contributed by atoms with Crippen molar-refractivity contribution in [1.82, 2.24) is 9.88 Å². The van der Waals surface area contributed by atoms with Crippen LogP contribution in [0.4, 0.5) is 0 Å². The first-order valence-electron chi connectivity index (χ1n) is 11.0. The van der Waals surface area contributed by atoms with Crippen LogP contribution < -0.4 is 9.47 Å². The molecule has 1 aromatic heterocycles. The number of pyridine rings is 1. The SMILES string of the molecule is CCCCOc1ccc(/C=C/C(=O)N(Cc2cccnc2)CC2CCCO2)cc1OC. The predicted molar refractivity (Wildman–Crippen MR) is 121 cm³/mol. The highest BCUT2D eigenvalue weighted by atomic mass is 16.5. The normalized spacial score (nSPS) is 15.9. The van der Waals surface area contributed by atoms with Crippen molar-refractivity contribution in [3.8, 4) is 11.5 Å². The highest BCUT2D eigenvalue weighted by molar-refractivity contribution is 5.91. The van der Waals surface area contributed by atoms with Crippen LogP contribution in [0.5, 0.6) is 11.5 Å². The van der Waals surface area contributed by atoms with Crippen LogP contribution in [-0.4, -0.2) is 48.8 Å². The van der Waals surface area contributed by atoms with Gasteiger partial charge in [0.2, 0.25) is 5.91 Å². The first-order chi connectivity index (χ1) is 15.2. The van der Waals surface area contributed by atoms with E-state index in [9.17, 15) is 4.79 Å². The van der Waals surface area contributed by atoms with Gasteiger partial charge in [-0.05, 0) is 54.7 Å². The number of aromatic nitrogens is 1. The van der Waals surface area contributed by atoms with Crippen molar-refractivity contribution >= 4 is 12.0 Å². The molecule has 1 aliphatic heterocycles. The molecule has 1 unspecified atom stereocenters. The summed E-state index contributed by atoms with van der Waals surface area (Å²) in [6.45, 7) is 4.63. The second kappa shape index (κ2) is 12.1. The Bertz CT molecular complexity index is 848. The molecule has 2 aromatic rings. The molecule has 166 valence electrons. The molecule has 0 aliphatic carbocycles. The fourth-order valence-electron chi connectivity index (χ4n) is 3.49. The zero-order chi connectivity index (χ0) is 21.9. The van der Waals surface area contributed by atoms with Gasteiger partial charge in [0.05, 0.1) is 19.8 Å². The smallest absolute Gasteiger partial charge is 0.246 e. The number of ether oxygens (including phenoxy) is 3. The summed E-state index contributed by atoms with van der Waals surface area (Å²) in [6.07, 6.45) is 11.1. The van der Waals surface area contributed by atoms with E-state index >= 15 is 0 Å². The fraction of sp³-hybridized carbons (Fsp3) is 0.440. The lowest BCUT2D eigenvalue weighted by Gasteiger charge is -2.24. The van der Waals surface area contributed by atoms with Crippen molar-refractivity contribution in [2.24, 2.45) is 0 Å². The third-order valence-corrected chi connectivity index (χ3v) is 5.22. The van der Waals surface area contributed by atoms with E-state index in [1.807, 2.05) is 41.3 Å². The van der Waals surface area contributed by atoms with Crippen molar-refractivity contribution in [1.29, 1.82) is 0 Å². The van der Waals surface area contributed by atoms with Crippen LogP contribution in [0, 0.1) is 0 Å². The molecule has 1 aliphatic rings. The number of unbranched alkanes of at least 4 members (excludes halogenated alkanes) is 1. The van der Waals surface area contributed by atoms with Crippen molar-refractivity contribution < 1.29 is 19.0 Å². The van der Waals surface area contributed by atoms with Crippen LogP contribution in [0.15, 0.2) is 48.8 Å². The average molecular weight is 425 g/mol. The quantitative estimate of drug-likeness (QED) is 0.393. The monoisotopic (exact) mass is 424 g/mol. The molecule has 3 rings (SSSR count). The molecule has 0 saturated carbocycles. The topological polar surface area (TPSA) is 60.9 Å². The molecule has 0 N–H and O–H groups in total. The van der Waals surface area contributed by atoms with E-state index in [1.54, 1.807) is 25.6 Å². The maximum Gasteiger partial charge on any atom is 0.246 e. The van der Waals surface area contributed by atoms with Gasteiger partial charge in [0.15, 0.2) is 11.5 Å². The van der Waals surface area contributed by atoms with E-state index in [-0.39, 0.29) is 12.0 Å². The van der Waals surface area contributed by atoms with Crippen LogP contribution in [0.3, 0.4) is 0 Å². The summed E-state index contributed by atoms with van der Waals surface area (Å²) in [5.41, 5.74) is 1.88. The van der Waals surface area contributed by atoms with E-state index in [4.69, 9.17) is 14.2 Å². The van der Waals surface area contributed by atoms with Gasteiger partial charge in [0.1, 0.15) is 0 Å². The maximum absolute atomic E-state index is 13.0. The van der Waals surface area contributed by atoms with Gasteiger partial charge in [-0.2, -0.15) is 0 Å². The summed E-state index contributed by atoms with van der Waals surface area (Å²) < 4.78 is 17.0. The van der Waals surface area contributed by atoms with Gasteiger partial charge >= 0.3 is 0 Å². The summed E-state index contributed by atoms with van der Waals surface area (Å²) in [5.74, 6) is 1.33. The lowest BCUT2D eigenvalue weighted by molar-refractivity contribution is -0.128. The zero-order valence-corrected chi connectivity index (χ0v) is 18.5.